The molecule has 0 radical (unpaired) electrons. The van der Waals surface area contributed by atoms with E-state index >= 15 is 4.57 Å². The van der Waals surface area contributed by atoms with Crippen molar-refractivity contribution >= 4 is 24.6 Å². The van der Waals surface area contributed by atoms with Crippen molar-refractivity contribution in [2.75, 3.05) is 52.9 Å². The molecule has 0 bridgehead atoms. The molecule has 0 amide bonds. The second kappa shape index (κ2) is 25.8. The van der Waals surface area contributed by atoms with Crippen molar-refractivity contribution in [3.8, 4) is 51.4 Å². The van der Waals surface area contributed by atoms with Gasteiger partial charge < -0.3 is 51.9 Å². The van der Waals surface area contributed by atoms with Gasteiger partial charge >= 0.3 is 11.9 Å². The standard InChI is InChI=1S/C72H73O14P/c1-48(73)84-64(44-78-58-32-20-52(21-33-58)70(3,4)50-16-28-56(29-17-50)76-40-62-42-82-62)46-80-60-36-24-54(25-37-60)72(7,87(75)69-15-11-9-13-67(69)66-12-8-10-14-68(66)86-87)55-26-38-61(39-27-55)81-47-65(85-49(2)74)45-79-59-34-22-53(23-35-59)71(5,6)51-18-30-57(31-19-51)77-41-63-43-83-63/h8-39,62-65H,40-47H2,1-7H3. The van der Waals surface area contributed by atoms with Crippen molar-refractivity contribution in [3.63, 3.8) is 0 Å². The summed E-state index contributed by atoms with van der Waals surface area (Å²) in [5.74, 6) is 3.42. The van der Waals surface area contributed by atoms with Crippen molar-refractivity contribution in [2.24, 2.45) is 0 Å². The minimum atomic E-state index is -3.92. The van der Waals surface area contributed by atoms with E-state index in [9.17, 15) is 9.59 Å². The Labute approximate surface area is 509 Å². The first-order valence-corrected chi connectivity index (χ1v) is 31.0. The zero-order valence-corrected chi connectivity index (χ0v) is 51.0. The number of esters is 2. The van der Waals surface area contributed by atoms with E-state index in [2.05, 4.69) is 52.0 Å². The third kappa shape index (κ3) is 14.0. The van der Waals surface area contributed by atoms with E-state index in [0.717, 1.165) is 58.1 Å². The Kier molecular flexibility index (Phi) is 17.8. The van der Waals surface area contributed by atoms with Crippen molar-refractivity contribution in [3.05, 3.63) is 228 Å². The van der Waals surface area contributed by atoms with Gasteiger partial charge in [-0.25, -0.2) is 0 Å². The fourth-order valence-corrected chi connectivity index (χ4v) is 13.8. The minimum Gasteiger partial charge on any atom is -0.491 e. The summed E-state index contributed by atoms with van der Waals surface area (Å²) in [4.78, 5) is 24.7. The van der Waals surface area contributed by atoms with Crippen LogP contribution in [0.1, 0.15) is 81.8 Å². The topological polar surface area (TPSA) is 159 Å². The van der Waals surface area contributed by atoms with E-state index in [-0.39, 0.29) is 49.5 Å². The van der Waals surface area contributed by atoms with Gasteiger partial charge in [-0.15, -0.1) is 0 Å². The molecule has 0 aromatic heterocycles. The zero-order chi connectivity index (χ0) is 60.8. The van der Waals surface area contributed by atoms with Crippen LogP contribution in [0.4, 0.5) is 0 Å². The van der Waals surface area contributed by atoms with Crippen LogP contribution in [0, 0.1) is 0 Å². The third-order valence-electron chi connectivity index (χ3n) is 16.4. The number of para-hydroxylation sites is 1. The highest BCUT2D eigenvalue weighted by Crippen LogP contribution is 2.69. The lowest BCUT2D eigenvalue weighted by atomic mass is 9.78. The smallest absolute Gasteiger partial charge is 0.303 e. The van der Waals surface area contributed by atoms with Crippen LogP contribution in [-0.4, -0.2) is 89.2 Å². The molecule has 14 nitrogen and oxygen atoms in total. The van der Waals surface area contributed by atoms with Gasteiger partial charge in [-0.3, -0.25) is 14.2 Å². The number of hydrogen-bond acceptors (Lipinski definition) is 14. The quantitative estimate of drug-likeness (QED) is 0.0272. The predicted molar refractivity (Wildman–Crippen MR) is 333 cm³/mol. The highest BCUT2D eigenvalue weighted by molar-refractivity contribution is 7.69. The molecule has 15 heteroatoms. The molecule has 5 unspecified atom stereocenters. The second-order valence-corrected chi connectivity index (χ2v) is 26.0. The van der Waals surface area contributed by atoms with Crippen LogP contribution in [0.5, 0.6) is 40.2 Å². The van der Waals surface area contributed by atoms with Gasteiger partial charge in [-0.1, -0.05) is 137 Å². The summed E-state index contributed by atoms with van der Waals surface area (Å²) in [6.07, 6.45) is -1.10. The molecule has 87 heavy (non-hydrogen) atoms. The average Bonchev–Trinajstić information content (AvgIpc) is 1.76. The summed E-state index contributed by atoms with van der Waals surface area (Å²) in [6, 6.07) is 62.2. The number of rotatable bonds is 27. The molecule has 3 heterocycles. The maximum absolute atomic E-state index is 16.4. The van der Waals surface area contributed by atoms with Gasteiger partial charge in [0.2, 0.25) is 0 Å². The van der Waals surface area contributed by atoms with Crippen LogP contribution < -0.4 is 38.2 Å². The lowest BCUT2D eigenvalue weighted by molar-refractivity contribution is -0.150. The average molecular weight is 1190 g/mol. The van der Waals surface area contributed by atoms with Crippen LogP contribution >= 0.6 is 7.37 Å². The second-order valence-electron chi connectivity index (χ2n) is 23.4. The molecule has 11 rings (SSSR count). The maximum Gasteiger partial charge on any atom is 0.303 e. The molecule has 2 saturated heterocycles. The molecule has 3 aliphatic heterocycles. The number of fused-ring (bicyclic) bond motifs is 3. The van der Waals surface area contributed by atoms with Gasteiger partial charge in [0.1, 0.15) is 97.3 Å². The number of benzene rings is 8. The number of ether oxygens (including phenoxy) is 10. The first-order valence-electron chi connectivity index (χ1n) is 29.4. The predicted octanol–water partition coefficient (Wildman–Crippen LogP) is 13.6. The van der Waals surface area contributed by atoms with Gasteiger partial charge in [0.05, 0.1) is 18.5 Å². The molecule has 8 aromatic rings. The molecule has 2 fully saturated rings. The Morgan fingerprint density at radius 2 is 0.724 bits per heavy atom. The molecular formula is C72H73O14P. The summed E-state index contributed by atoms with van der Waals surface area (Å²) >= 11 is 0. The van der Waals surface area contributed by atoms with Crippen molar-refractivity contribution < 1.29 is 66.0 Å². The van der Waals surface area contributed by atoms with E-state index in [0.29, 0.717) is 58.4 Å². The molecule has 0 saturated carbocycles. The third-order valence-corrected chi connectivity index (χ3v) is 19.6. The van der Waals surface area contributed by atoms with E-state index in [1.807, 2.05) is 177 Å². The molecule has 5 atom stereocenters. The summed E-state index contributed by atoms with van der Waals surface area (Å²) in [5.41, 5.74) is 6.95. The van der Waals surface area contributed by atoms with Crippen LogP contribution in [0.25, 0.3) is 11.1 Å². The van der Waals surface area contributed by atoms with Gasteiger partial charge in [-0.05, 0) is 131 Å². The Morgan fingerprint density at radius 3 is 1.06 bits per heavy atom. The Bertz CT molecular complexity index is 3500. The minimum absolute atomic E-state index is 0.00249. The summed E-state index contributed by atoms with van der Waals surface area (Å²) < 4.78 is 81.7. The summed E-state index contributed by atoms with van der Waals surface area (Å²) in [6.45, 7) is 16.0. The fraction of sp³-hybridized carbons (Fsp3) is 0.306. The largest absolute Gasteiger partial charge is 0.491 e. The maximum atomic E-state index is 16.4. The van der Waals surface area contributed by atoms with Gasteiger partial charge in [0.25, 0.3) is 7.37 Å². The van der Waals surface area contributed by atoms with Crippen molar-refractivity contribution in [1.82, 2.24) is 0 Å². The van der Waals surface area contributed by atoms with Gasteiger partial charge in [0.15, 0.2) is 12.2 Å². The van der Waals surface area contributed by atoms with Crippen molar-refractivity contribution in [1.29, 1.82) is 0 Å². The van der Waals surface area contributed by atoms with Crippen LogP contribution in [0.3, 0.4) is 0 Å². The van der Waals surface area contributed by atoms with Crippen molar-refractivity contribution in [2.45, 2.75) is 88.9 Å². The van der Waals surface area contributed by atoms with Crippen LogP contribution in [0.2, 0.25) is 0 Å². The number of hydrogen-bond donors (Lipinski definition) is 0. The van der Waals surface area contributed by atoms with Crippen LogP contribution in [-0.2, 0) is 49.1 Å². The summed E-state index contributed by atoms with van der Waals surface area (Å²) in [5, 5.41) is -0.690. The van der Waals surface area contributed by atoms with E-state index in [1.165, 1.54) is 13.8 Å². The zero-order valence-electron chi connectivity index (χ0n) is 50.1. The van der Waals surface area contributed by atoms with Gasteiger partial charge in [-0.2, -0.15) is 0 Å². The fourth-order valence-electron chi connectivity index (χ4n) is 10.9. The molecular weight excluding hydrogens is 1120 g/mol. The lowest BCUT2D eigenvalue weighted by Gasteiger charge is -2.41. The monoisotopic (exact) mass is 1190 g/mol. The number of epoxide rings is 2. The normalized spacial score (nSPS) is 18.0. The first kappa shape index (κ1) is 60.2. The van der Waals surface area contributed by atoms with E-state index in [1.54, 1.807) is 0 Å². The number of carbonyl (C=O) groups excluding carboxylic acids is 2. The molecule has 0 aliphatic carbocycles. The Balaban J connectivity index is 0.761. The van der Waals surface area contributed by atoms with Crippen LogP contribution in [0.15, 0.2) is 194 Å². The molecule has 8 aromatic carbocycles. The number of carbonyl (C=O) groups is 2. The molecule has 3 aliphatic rings. The molecule has 450 valence electrons. The highest BCUT2D eigenvalue weighted by atomic mass is 31.2. The lowest BCUT2D eigenvalue weighted by Crippen LogP contribution is -2.34. The Morgan fingerprint density at radius 1 is 0.425 bits per heavy atom. The van der Waals surface area contributed by atoms with E-state index < -0.39 is 36.7 Å². The highest BCUT2D eigenvalue weighted by Gasteiger charge is 2.54. The van der Waals surface area contributed by atoms with E-state index in [4.69, 9.17) is 51.9 Å². The van der Waals surface area contributed by atoms with Gasteiger partial charge in [0, 0.05) is 30.2 Å². The summed E-state index contributed by atoms with van der Waals surface area (Å²) in [7, 11) is -3.92. The Hall–Kier alpha value is -8.55. The molecule has 0 spiro atoms. The first-order chi connectivity index (χ1) is 41.9. The molecule has 0 N–H and O–H groups in total. The SMILES string of the molecule is CC(=O)OC(COc1ccc(C(C)(C)c2ccc(OCC3CO3)cc2)cc1)COc1ccc(C(C)(c2ccc(OCC(COc3ccc(C(C)(C)c4ccc(OCC5CO5)cc4)cc3)OC(C)=O)cc2)P2(=O)Oc3ccccc3-c3ccccc32)cc1.